The Morgan fingerprint density at radius 1 is 1.00 bits per heavy atom. The summed E-state index contributed by atoms with van der Waals surface area (Å²) in [5.41, 5.74) is 1.23. The van der Waals surface area contributed by atoms with Crippen LogP contribution in [0, 0.1) is 0 Å². The maximum Gasteiger partial charge on any atom is 0.255 e. The standard InChI is InChI=1S/C21H27N3O5S/c1-4-22-21(25)19-15-18(9-10-20(19)29-3)30(26,27)24-13-11-23(12-14-24)16-5-7-17(28-2)8-6-16/h5-10,15H,4,11-14H2,1-3H3,(H,22,25). The number of ether oxygens (including phenoxy) is 2. The maximum atomic E-state index is 13.2. The van der Waals surface area contributed by atoms with Crippen molar-refractivity contribution in [2.45, 2.75) is 11.8 Å². The Kier molecular flexibility index (Phi) is 6.84. The number of hydrogen-bond donors (Lipinski definition) is 1. The number of methoxy groups -OCH3 is 2. The van der Waals surface area contributed by atoms with E-state index >= 15 is 0 Å². The van der Waals surface area contributed by atoms with E-state index in [1.165, 1.54) is 29.6 Å². The van der Waals surface area contributed by atoms with E-state index < -0.39 is 10.0 Å². The lowest BCUT2D eigenvalue weighted by Crippen LogP contribution is -2.48. The molecule has 0 radical (unpaired) electrons. The van der Waals surface area contributed by atoms with Gasteiger partial charge >= 0.3 is 0 Å². The van der Waals surface area contributed by atoms with Crippen molar-refractivity contribution in [3.63, 3.8) is 0 Å². The minimum atomic E-state index is -3.72. The molecule has 9 heteroatoms. The fraction of sp³-hybridized carbons (Fsp3) is 0.381. The smallest absolute Gasteiger partial charge is 0.255 e. The van der Waals surface area contributed by atoms with Crippen molar-refractivity contribution in [2.75, 3.05) is 51.8 Å². The number of piperazine rings is 1. The normalized spacial score (nSPS) is 15.0. The van der Waals surface area contributed by atoms with Gasteiger partial charge in [0.2, 0.25) is 10.0 Å². The predicted molar refractivity (Wildman–Crippen MR) is 115 cm³/mol. The van der Waals surface area contributed by atoms with Crippen LogP contribution in [0.5, 0.6) is 11.5 Å². The minimum absolute atomic E-state index is 0.0856. The molecule has 1 heterocycles. The monoisotopic (exact) mass is 433 g/mol. The molecule has 0 spiro atoms. The molecule has 0 aromatic heterocycles. The zero-order valence-corrected chi connectivity index (χ0v) is 18.2. The Labute approximate surface area is 177 Å². The van der Waals surface area contributed by atoms with Gasteiger partial charge in [0.05, 0.1) is 24.7 Å². The van der Waals surface area contributed by atoms with Crippen molar-refractivity contribution < 1.29 is 22.7 Å². The predicted octanol–water partition coefficient (Wildman–Crippen LogP) is 1.96. The highest BCUT2D eigenvalue weighted by molar-refractivity contribution is 7.89. The molecule has 1 amide bonds. The van der Waals surface area contributed by atoms with Crippen LogP contribution in [-0.4, -0.2) is 65.6 Å². The van der Waals surface area contributed by atoms with Crippen molar-refractivity contribution in [1.82, 2.24) is 9.62 Å². The molecule has 8 nitrogen and oxygen atoms in total. The van der Waals surface area contributed by atoms with Gasteiger partial charge in [-0.2, -0.15) is 4.31 Å². The number of nitrogens with zero attached hydrogens (tertiary/aromatic N) is 2. The first-order chi connectivity index (χ1) is 14.4. The van der Waals surface area contributed by atoms with E-state index in [-0.39, 0.29) is 16.4 Å². The van der Waals surface area contributed by atoms with Crippen LogP contribution in [0.25, 0.3) is 0 Å². The van der Waals surface area contributed by atoms with E-state index in [0.717, 1.165) is 11.4 Å². The van der Waals surface area contributed by atoms with E-state index in [9.17, 15) is 13.2 Å². The Hall–Kier alpha value is -2.78. The summed E-state index contributed by atoms with van der Waals surface area (Å²) in [4.78, 5) is 14.5. The Bertz CT molecular complexity index is 984. The number of carbonyl (C=O) groups is 1. The van der Waals surface area contributed by atoms with Gasteiger partial charge in [0.1, 0.15) is 11.5 Å². The molecular formula is C21H27N3O5S. The molecule has 2 aromatic carbocycles. The van der Waals surface area contributed by atoms with E-state index in [1.54, 1.807) is 14.0 Å². The molecule has 0 saturated carbocycles. The van der Waals surface area contributed by atoms with Gasteiger partial charge in [-0.15, -0.1) is 0 Å². The molecule has 0 bridgehead atoms. The quantitative estimate of drug-likeness (QED) is 0.718. The molecular weight excluding hydrogens is 406 g/mol. The van der Waals surface area contributed by atoms with Gasteiger partial charge in [0.15, 0.2) is 0 Å². The molecule has 162 valence electrons. The third-order valence-electron chi connectivity index (χ3n) is 5.07. The summed E-state index contributed by atoms with van der Waals surface area (Å²) in [5, 5.41) is 2.68. The number of sulfonamides is 1. The van der Waals surface area contributed by atoms with Crippen LogP contribution >= 0.6 is 0 Å². The van der Waals surface area contributed by atoms with Gasteiger partial charge in [-0.25, -0.2) is 8.42 Å². The van der Waals surface area contributed by atoms with E-state index in [1.807, 2.05) is 24.3 Å². The average Bonchev–Trinajstić information content (AvgIpc) is 2.79. The maximum absolute atomic E-state index is 13.2. The molecule has 2 aromatic rings. The van der Waals surface area contributed by atoms with Crippen molar-refractivity contribution in [3.8, 4) is 11.5 Å². The Morgan fingerprint density at radius 3 is 2.23 bits per heavy atom. The number of benzene rings is 2. The summed E-state index contributed by atoms with van der Waals surface area (Å²) < 4.78 is 38.2. The van der Waals surface area contributed by atoms with Crippen LogP contribution < -0.4 is 19.7 Å². The summed E-state index contributed by atoms with van der Waals surface area (Å²) in [7, 11) is -0.654. The molecule has 1 N–H and O–H groups in total. The second-order valence-corrected chi connectivity index (χ2v) is 8.75. The largest absolute Gasteiger partial charge is 0.497 e. The van der Waals surface area contributed by atoms with E-state index in [2.05, 4.69) is 10.2 Å². The van der Waals surface area contributed by atoms with Gasteiger partial charge in [-0.1, -0.05) is 0 Å². The van der Waals surface area contributed by atoms with E-state index in [0.29, 0.717) is 38.5 Å². The summed E-state index contributed by atoms with van der Waals surface area (Å²) in [6, 6.07) is 12.1. The summed E-state index contributed by atoms with van der Waals surface area (Å²) in [6.45, 7) is 4.10. The molecule has 0 unspecified atom stereocenters. The van der Waals surface area contributed by atoms with Gasteiger partial charge in [-0.3, -0.25) is 4.79 Å². The summed E-state index contributed by atoms with van der Waals surface area (Å²) in [6.07, 6.45) is 0. The first kappa shape index (κ1) is 21.9. The molecule has 0 atom stereocenters. The lowest BCUT2D eigenvalue weighted by molar-refractivity contribution is 0.0952. The van der Waals surface area contributed by atoms with Gasteiger partial charge < -0.3 is 19.7 Å². The second-order valence-electron chi connectivity index (χ2n) is 6.81. The lowest BCUT2D eigenvalue weighted by Gasteiger charge is -2.35. The summed E-state index contributed by atoms with van der Waals surface area (Å²) >= 11 is 0. The first-order valence-corrected chi connectivity index (χ1v) is 11.2. The number of hydrogen-bond acceptors (Lipinski definition) is 6. The Morgan fingerprint density at radius 2 is 1.67 bits per heavy atom. The highest BCUT2D eigenvalue weighted by Crippen LogP contribution is 2.26. The van der Waals surface area contributed by atoms with Gasteiger partial charge in [-0.05, 0) is 49.4 Å². The molecule has 1 aliphatic rings. The topological polar surface area (TPSA) is 88.2 Å². The average molecular weight is 434 g/mol. The van der Waals surface area contributed by atoms with Crippen molar-refractivity contribution >= 4 is 21.6 Å². The number of anilines is 1. The lowest BCUT2D eigenvalue weighted by atomic mass is 10.2. The minimum Gasteiger partial charge on any atom is -0.497 e. The highest BCUT2D eigenvalue weighted by Gasteiger charge is 2.30. The third kappa shape index (κ3) is 4.52. The first-order valence-electron chi connectivity index (χ1n) is 9.76. The SMILES string of the molecule is CCNC(=O)c1cc(S(=O)(=O)N2CCN(c3ccc(OC)cc3)CC2)ccc1OC. The van der Waals surface area contributed by atoms with Gasteiger partial charge in [0, 0.05) is 38.4 Å². The van der Waals surface area contributed by atoms with Crippen LogP contribution in [-0.2, 0) is 10.0 Å². The van der Waals surface area contributed by atoms with Crippen LogP contribution in [0.15, 0.2) is 47.4 Å². The van der Waals surface area contributed by atoms with Crippen LogP contribution in [0.4, 0.5) is 5.69 Å². The second kappa shape index (κ2) is 9.36. The van der Waals surface area contributed by atoms with Crippen molar-refractivity contribution in [1.29, 1.82) is 0 Å². The molecule has 1 fully saturated rings. The zero-order chi connectivity index (χ0) is 21.7. The van der Waals surface area contributed by atoms with Crippen LogP contribution in [0.2, 0.25) is 0 Å². The molecule has 30 heavy (non-hydrogen) atoms. The molecule has 1 saturated heterocycles. The third-order valence-corrected chi connectivity index (χ3v) is 6.96. The van der Waals surface area contributed by atoms with Crippen molar-refractivity contribution in [2.24, 2.45) is 0 Å². The summed E-state index contributed by atoms with van der Waals surface area (Å²) in [5.74, 6) is 0.752. The molecule has 0 aliphatic carbocycles. The zero-order valence-electron chi connectivity index (χ0n) is 17.4. The fourth-order valence-corrected chi connectivity index (χ4v) is 4.86. The number of carbonyl (C=O) groups excluding carboxylic acids is 1. The number of amides is 1. The highest BCUT2D eigenvalue weighted by atomic mass is 32.2. The number of nitrogens with one attached hydrogen (secondary N) is 1. The molecule has 3 rings (SSSR count). The van der Waals surface area contributed by atoms with Crippen LogP contribution in [0.3, 0.4) is 0 Å². The van der Waals surface area contributed by atoms with Gasteiger partial charge in [0.25, 0.3) is 5.91 Å². The van der Waals surface area contributed by atoms with Crippen LogP contribution in [0.1, 0.15) is 17.3 Å². The number of rotatable bonds is 7. The molecule has 1 aliphatic heterocycles. The van der Waals surface area contributed by atoms with E-state index in [4.69, 9.17) is 9.47 Å². The van der Waals surface area contributed by atoms with Crippen molar-refractivity contribution in [3.05, 3.63) is 48.0 Å². The Balaban J connectivity index is 1.76. The fourth-order valence-electron chi connectivity index (χ4n) is 3.41.